The summed E-state index contributed by atoms with van der Waals surface area (Å²) in [4.78, 5) is 8.65. The van der Waals surface area contributed by atoms with Crippen LogP contribution in [0.2, 0.25) is 0 Å². The van der Waals surface area contributed by atoms with Crippen molar-refractivity contribution in [2.75, 3.05) is 0 Å². The molecule has 0 saturated carbocycles. The monoisotopic (exact) mass is 200 g/mol. The summed E-state index contributed by atoms with van der Waals surface area (Å²) in [5.74, 6) is 0.663. The molecule has 0 aliphatic heterocycles. The van der Waals surface area contributed by atoms with Crippen molar-refractivity contribution in [3.63, 3.8) is 0 Å². The van der Waals surface area contributed by atoms with Crippen LogP contribution in [0.1, 0.15) is 25.0 Å². The lowest BCUT2D eigenvalue weighted by Gasteiger charge is -2.08. The topological polar surface area (TPSA) is 25.8 Å². The fraction of sp³-hybridized carbons (Fsp3) is 0.385. The molecular weight excluding hydrogens is 184 g/mol. The first-order valence-corrected chi connectivity index (χ1v) is 5.36. The number of aryl methyl sites for hydroxylation is 1. The smallest absolute Gasteiger partial charge is 0.0764 e. The standard InChI is InChI=1S/C13H16N2/c1-9(2)6-11-4-5-15-13-10(3)7-14-8-12(11)13/h4-5,7-9H,6H2,1-3H3. The number of pyridine rings is 2. The van der Waals surface area contributed by atoms with Gasteiger partial charge in [0, 0.05) is 24.0 Å². The molecule has 2 aromatic heterocycles. The van der Waals surface area contributed by atoms with Crippen LogP contribution in [0.25, 0.3) is 10.9 Å². The molecule has 0 bridgehead atoms. The number of rotatable bonds is 2. The van der Waals surface area contributed by atoms with Crippen LogP contribution in [0.3, 0.4) is 0 Å². The molecule has 0 aliphatic carbocycles. The van der Waals surface area contributed by atoms with Gasteiger partial charge in [0.25, 0.3) is 0 Å². The number of hydrogen-bond donors (Lipinski definition) is 0. The summed E-state index contributed by atoms with van der Waals surface area (Å²) in [7, 11) is 0. The maximum absolute atomic E-state index is 4.41. The molecular formula is C13H16N2. The summed E-state index contributed by atoms with van der Waals surface area (Å²) in [6.07, 6.45) is 6.78. The molecule has 0 unspecified atom stereocenters. The van der Waals surface area contributed by atoms with Gasteiger partial charge in [0.05, 0.1) is 5.52 Å². The molecule has 15 heavy (non-hydrogen) atoms. The molecule has 2 rings (SSSR count). The molecule has 2 heteroatoms. The molecule has 0 radical (unpaired) electrons. The Kier molecular flexibility index (Phi) is 2.67. The molecule has 2 nitrogen and oxygen atoms in total. The Morgan fingerprint density at radius 2 is 2.07 bits per heavy atom. The minimum Gasteiger partial charge on any atom is -0.264 e. The fourth-order valence-electron chi connectivity index (χ4n) is 1.87. The van der Waals surface area contributed by atoms with E-state index in [4.69, 9.17) is 0 Å². The Bertz CT molecular complexity index is 475. The molecule has 0 aromatic carbocycles. The molecule has 0 atom stereocenters. The van der Waals surface area contributed by atoms with E-state index in [2.05, 4.69) is 36.8 Å². The van der Waals surface area contributed by atoms with Crippen LogP contribution in [-0.2, 0) is 6.42 Å². The third-order valence-corrected chi connectivity index (χ3v) is 2.55. The van der Waals surface area contributed by atoms with Gasteiger partial charge >= 0.3 is 0 Å². The normalized spacial score (nSPS) is 11.2. The first-order valence-electron chi connectivity index (χ1n) is 5.36. The average Bonchev–Trinajstić information content (AvgIpc) is 2.19. The Morgan fingerprint density at radius 1 is 1.27 bits per heavy atom. The molecule has 0 aliphatic rings. The van der Waals surface area contributed by atoms with Gasteiger partial charge < -0.3 is 0 Å². The zero-order valence-electron chi connectivity index (χ0n) is 9.49. The van der Waals surface area contributed by atoms with Crippen LogP contribution in [0.15, 0.2) is 24.7 Å². The van der Waals surface area contributed by atoms with Gasteiger partial charge in [0.1, 0.15) is 0 Å². The largest absolute Gasteiger partial charge is 0.264 e. The summed E-state index contributed by atoms with van der Waals surface area (Å²) >= 11 is 0. The number of hydrogen-bond acceptors (Lipinski definition) is 2. The third-order valence-electron chi connectivity index (χ3n) is 2.55. The number of fused-ring (bicyclic) bond motifs is 1. The van der Waals surface area contributed by atoms with E-state index in [1.807, 2.05) is 18.6 Å². The van der Waals surface area contributed by atoms with E-state index in [0.717, 1.165) is 17.5 Å². The summed E-state index contributed by atoms with van der Waals surface area (Å²) in [5.41, 5.74) is 3.59. The second kappa shape index (κ2) is 3.97. The Morgan fingerprint density at radius 3 is 2.80 bits per heavy atom. The highest BCUT2D eigenvalue weighted by Crippen LogP contribution is 2.20. The highest BCUT2D eigenvalue weighted by atomic mass is 14.7. The van der Waals surface area contributed by atoms with Crippen LogP contribution < -0.4 is 0 Å². The van der Waals surface area contributed by atoms with E-state index in [1.165, 1.54) is 10.9 Å². The van der Waals surface area contributed by atoms with E-state index in [9.17, 15) is 0 Å². The van der Waals surface area contributed by atoms with Gasteiger partial charge in [-0.3, -0.25) is 9.97 Å². The second-order valence-electron chi connectivity index (χ2n) is 4.42. The summed E-state index contributed by atoms with van der Waals surface area (Å²) in [5, 5.41) is 1.20. The lowest BCUT2D eigenvalue weighted by atomic mass is 10.00. The maximum Gasteiger partial charge on any atom is 0.0764 e. The first-order chi connectivity index (χ1) is 7.18. The van der Waals surface area contributed by atoms with Crippen LogP contribution in [0, 0.1) is 12.8 Å². The second-order valence-corrected chi connectivity index (χ2v) is 4.42. The van der Waals surface area contributed by atoms with Gasteiger partial charge in [0.15, 0.2) is 0 Å². The summed E-state index contributed by atoms with van der Waals surface area (Å²) < 4.78 is 0. The van der Waals surface area contributed by atoms with Gasteiger partial charge in [-0.15, -0.1) is 0 Å². The summed E-state index contributed by atoms with van der Waals surface area (Å²) in [6, 6.07) is 2.10. The molecule has 0 saturated heterocycles. The van der Waals surface area contributed by atoms with Crippen LogP contribution in [-0.4, -0.2) is 9.97 Å². The fourth-order valence-corrected chi connectivity index (χ4v) is 1.87. The molecule has 0 spiro atoms. The minimum atomic E-state index is 0.663. The lowest BCUT2D eigenvalue weighted by molar-refractivity contribution is 0.650. The number of aromatic nitrogens is 2. The van der Waals surface area contributed by atoms with E-state index < -0.39 is 0 Å². The minimum absolute atomic E-state index is 0.663. The predicted molar refractivity (Wildman–Crippen MR) is 62.8 cm³/mol. The van der Waals surface area contributed by atoms with E-state index in [0.29, 0.717) is 5.92 Å². The van der Waals surface area contributed by atoms with E-state index >= 15 is 0 Å². The van der Waals surface area contributed by atoms with Crippen molar-refractivity contribution in [1.82, 2.24) is 9.97 Å². The third kappa shape index (κ3) is 1.99. The molecule has 0 N–H and O–H groups in total. The van der Waals surface area contributed by atoms with Crippen molar-refractivity contribution < 1.29 is 0 Å². The Hall–Kier alpha value is -1.44. The highest BCUT2D eigenvalue weighted by Gasteiger charge is 2.05. The average molecular weight is 200 g/mol. The zero-order chi connectivity index (χ0) is 10.8. The van der Waals surface area contributed by atoms with Gasteiger partial charge in [-0.1, -0.05) is 13.8 Å². The quantitative estimate of drug-likeness (QED) is 0.744. The van der Waals surface area contributed by atoms with Gasteiger partial charge in [-0.25, -0.2) is 0 Å². The Balaban J connectivity index is 2.61. The zero-order valence-corrected chi connectivity index (χ0v) is 9.49. The SMILES string of the molecule is Cc1cncc2c(CC(C)C)ccnc12. The molecule has 0 amide bonds. The summed E-state index contributed by atoms with van der Waals surface area (Å²) in [6.45, 7) is 6.52. The molecule has 78 valence electrons. The molecule has 0 fully saturated rings. The van der Waals surface area contributed by atoms with Crippen LogP contribution >= 0.6 is 0 Å². The highest BCUT2D eigenvalue weighted by molar-refractivity contribution is 5.83. The molecule has 2 heterocycles. The van der Waals surface area contributed by atoms with Gasteiger partial charge in [0.2, 0.25) is 0 Å². The maximum atomic E-state index is 4.41. The lowest BCUT2D eigenvalue weighted by Crippen LogP contribution is -1.97. The van der Waals surface area contributed by atoms with Crippen molar-refractivity contribution in [2.45, 2.75) is 27.2 Å². The van der Waals surface area contributed by atoms with Gasteiger partial charge in [-0.2, -0.15) is 0 Å². The van der Waals surface area contributed by atoms with E-state index in [1.54, 1.807) is 0 Å². The Labute approximate surface area is 90.4 Å². The van der Waals surface area contributed by atoms with Gasteiger partial charge in [-0.05, 0) is 36.5 Å². The first kappa shape index (κ1) is 10.1. The van der Waals surface area contributed by atoms with Crippen molar-refractivity contribution in [1.29, 1.82) is 0 Å². The van der Waals surface area contributed by atoms with Crippen LogP contribution in [0.5, 0.6) is 0 Å². The van der Waals surface area contributed by atoms with Crippen LogP contribution in [0.4, 0.5) is 0 Å². The number of nitrogens with zero attached hydrogens (tertiary/aromatic N) is 2. The van der Waals surface area contributed by atoms with Crippen molar-refractivity contribution in [3.8, 4) is 0 Å². The van der Waals surface area contributed by atoms with Crippen molar-refractivity contribution in [3.05, 3.63) is 35.8 Å². The van der Waals surface area contributed by atoms with Crippen molar-refractivity contribution in [2.24, 2.45) is 5.92 Å². The molecule has 2 aromatic rings. The van der Waals surface area contributed by atoms with Crippen molar-refractivity contribution >= 4 is 10.9 Å². The predicted octanol–water partition coefficient (Wildman–Crippen LogP) is 3.14. The van der Waals surface area contributed by atoms with E-state index in [-0.39, 0.29) is 0 Å².